The minimum absolute atomic E-state index is 0.239. The van der Waals surface area contributed by atoms with E-state index in [1.165, 1.54) is 25.7 Å². The van der Waals surface area contributed by atoms with E-state index >= 15 is 0 Å². The zero-order chi connectivity index (χ0) is 12.3. The molecule has 0 unspecified atom stereocenters. The molecule has 0 aliphatic carbocycles. The maximum Gasteiger partial charge on any atom is 0.216 e. The lowest BCUT2D eigenvalue weighted by Gasteiger charge is -2.06. The van der Waals surface area contributed by atoms with Crippen molar-refractivity contribution >= 4 is 17.4 Å². The Bertz CT molecular complexity index is 558. The van der Waals surface area contributed by atoms with Gasteiger partial charge < -0.3 is 4.74 Å². The highest BCUT2D eigenvalue weighted by molar-refractivity contribution is 6.34. The van der Waals surface area contributed by atoms with Crippen molar-refractivity contribution in [3.05, 3.63) is 53.1 Å². The van der Waals surface area contributed by atoms with Crippen LogP contribution in [0.25, 0.3) is 0 Å². The van der Waals surface area contributed by atoms with Crippen LogP contribution < -0.4 is 4.74 Å². The lowest BCUT2D eigenvalue weighted by atomic mass is 10.1. The molecule has 0 fully saturated rings. The molecule has 0 aromatic carbocycles. The molecule has 0 saturated heterocycles. The van der Waals surface area contributed by atoms with Gasteiger partial charge >= 0.3 is 0 Å². The summed E-state index contributed by atoms with van der Waals surface area (Å²) in [4.78, 5) is 20.0. The van der Waals surface area contributed by atoms with Gasteiger partial charge in [0.1, 0.15) is 5.75 Å². The molecule has 2 rings (SSSR count). The number of carbonyl (C=O) groups excluding carboxylic acids is 1. The van der Waals surface area contributed by atoms with Crippen LogP contribution in [0.15, 0.2) is 36.8 Å². The lowest BCUT2D eigenvalue weighted by molar-refractivity contribution is 0.103. The van der Waals surface area contributed by atoms with E-state index in [2.05, 4.69) is 9.97 Å². The summed E-state index contributed by atoms with van der Waals surface area (Å²) in [6, 6.07) is 4.93. The van der Waals surface area contributed by atoms with Crippen molar-refractivity contribution in [3.8, 4) is 5.75 Å². The van der Waals surface area contributed by atoms with Gasteiger partial charge in [-0.25, -0.2) is 4.98 Å². The van der Waals surface area contributed by atoms with E-state index in [1.807, 2.05) is 0 Å². The first kappa shape index (κ1) is 11.5. The molecule has 86 valence electrons. The number of ether oxygens (including phenoxy) is 1. The van der Waals surface area contributed by atoms with Crippen molar-refractivity contribution in [2.45, 2.75) is 0 Å². The van der Waals surface area contributed by atoms with Crippen LogP contribution >= 0.6 is 11.6 Å². The Morgan fingerprint density at radius 1 is 1.35 bits per heavy atom. The normalized spacial score (nSPS) is 10.0. The first-order valence-electron chi connectivity index (χ1n) is 4.87. The number of nitrogens with zero attached hydrogens (tertiary/aromatic N) is 2. The Hall–Kier alpha value is -1.94. The molecule has 2 aromatic rings. The summed E-state index contributed by atoms with van der Waals surface area (Å²) in [5, 5.41) is 0.296. The molecule has 0 atom stereocenters. The largest absolute Gasteiger partial charge is 0.494 e. The third-order valence-electron chi connectivity index (χ3n) is 2.22. The Balaban J connectivity index is 2.48. The lowest BCUT2D eigenvalue weighted by Crippen LogP contribution is -2.07. The van der Waals surface area contributed by atoms with Gasteiger partial charge in [0, 0.05) is 24.2 Å². The molecule has 0 amide bonds. The molecule has 2 aromatic heterocycles. The number of hydrogen-bond donors (Lipinski definition) is 0. The average Bonchev–Trinajstić information content (AvgIpc) is 2.38. The van der Waals surface area contributed by atoms with Crippen molar-refractivity contribution in [3.63, 3.8) is 0 Å². The second-order valence-electron chi connectivity index (χ2n) is 3.24. The first-order valence-corrected chi connectivity index (χ1v) is 5.25. The van der Waals surface area contributed by atoms with Gasteiger partial charge in [-0.15, -0.1) is 0 Å². The average molecular weight is 249 g/mol. The highest BCUT2D eigenvalue weighted by atomic mass is 35.5. The van der Waals surface area contributed by atoms with Crippen LogP contribution in [0.4, 0.5) is 0 Å². The Morgan fingerprint density at radius 3 is 2.88 bits per heavy atom. The van der Waals surface area contributed by atoms with Gasteiger partial charge in [-0.1, -0.05) is 11.6 Å². The quantitative estimate of drug-likeness (QED) is 0.783. The van der Waals surface area contributed by atoms with Gasteiger partial charge in [0.2, 0.25) is 5.78 Å². The maximum atomic E-state index is 12.2. The number of hydrogen-bond acceptors (Lipinski definition) is 4. The summed E-state index contributed by atoms with van der Waals surface area (Å²) in [7, 11) is 1.49. The van der Waals surface area contributed by atoms with E-state index in [1.54, 1.807) is 18.2 Å². The van der Waals surface area contributed by atoms with Crippen molar-refractivity contribution in [2.75, 3.05) is 7.11 Å². The van der Waals surface area contributed by atoms with Crippen LogP contribution in [0.1, 0.15) is 16.1 Å². The van der Waals surface area contributed by atoms with Crippen LogP contribution in [0.2, 0.25) is 5.02 Å². The fraction of sp³-hybridized carbons (Fsp3) is 0.0833. The van der Waals surface area contributed by atoms with Gasteiger partial charge in [0.05, 0.1) is 12.1 Å². The smallest absolute Gasteiger partial charge is 0.216 e. The Kier molecular flexibility index (Phi) is 3.35. The van der Waals surface area contributed by atoms with E-state index in [0.29, 0.717) is 16.3 Å². The van der Waals surface area contributed by atoms with E-state index in [0.717, 1.165) is 0 Å². The highest BCUT2D eigenvalue weighted by Gasteiger charge is 2.17. The third kappa shape index (κ3) is 2.26. The minimum Gasteiger partial charge on any atom is -0.494 e. The molecular formula is C12H9ClN2O2. The Labute approximate surface area is 103 Å². The monoisotopic (exact) mass is 248 g/mol. The van der Waals surface area contributed by atoms with Crippen LogP contribution in [0, 0.1) is 0 Å². The van der Waals surface area contributed by atoms with E-state index < -0.39 is 0 Å². The van der Waals surface area contributed by atoms with Crippen LogP contribution in [-0.2, 0) is 0 Å². The molecule has 4 nitrogen and oxygen atoms in total. The van der Waals surface area contributed by atoms with E-state index in [-0.39, 0.29) is 11.5 Å². The van der Waals surface area contributed by atoms with Crippen LogP contribution in [0.3, 0.4) is 0 Å². The third-order valence-corrected chi connectivity index (χ3v) is 2.52. The maximum absolute atomic E-state index is 12.2. The van der Waals surface area contributed by atoms with E-state index in [4.69, 9.17) is 16.3 Å². The first-order chi connectivity index (χ1) is 8.24. The summed E-state index contributed by atoms with van der Waals surface area (Å²) in [5.74, 6) is 0.139. The molecule has 0 N–H and O–H groups in total. The zero-order valence-electron chi connectivity index (χ0n) is 9.05. The number of aromatic nitrogens is 2. The van der Waals surface area contributed by atoms with Crippen molar-refractivity contribution in [1.82, 2.24) is 9.97 Å². The van der Waals surface area contributed by atoms with Gasteiger partial charge in [0.15, 0.2) is 5.69 Å². The number of methoxy groups -OCH3 is 1. The molecule has 0 aliphatic rings. The molecule has 2 heterocycles. The molecule has 0 spiro atoms. The number of halogens is 1. The summed E-state index contributed by atoms with van der Waals surface area (Å²) in [6.07, 6.45) is 4.46. The van der Waals surface area contributed by atoms with Crippen molar-refractivity contribution < 1.29 is 9.53 Å². The summed E-state index contributed by atoms with van der Waals surface area (Å²) < 4.78 is 5.09. The van der Waals surface area contributed by atoms with Crippen LogP contribution in [0.5, 0.6) is 5.75 Å². The minimum atomic E-state index is -0.283. The molecule has 0 saturated carbocycles. The summed E-state index contributed by atoms with van der Waals surface area (Å²) in [5.41, 5.74) is 0.599. The number of rotatable bonds is 3. The molecule has 0 bridgehead atoms. The van der Waals surface area contributed by atoms with Gasteiger partial charge in [-0.2, -0.15) is 0 Å². The standard InChI is InChI=1S/C12H9ClN2O2/c1-17-10-3-2-5-15-11(10)12(16)8-4-6-14-7-9(8)13/h2-7H,1H3. The van der Waals surface area contributed by atoms with Crippen molar-refractivity contribution in [2.24, 2.45) is 0 Å². The fourth-order valence-electron chi connectivity index (χ4n) is 1.41. The second-order valence-corrected chi connectivity index (χ2v) is 3.65. The predicted molar refractivity (Wildman–Crippen MR) is 63.5 cm³/mol. The molecular weight excluding hydrogens is 240 g/mol. The number of ketones is 1. The van der Waals surface area contributed by atoms with Gasteiger partial charge in [-0.05, 0) is 18.2 Å². The zero-order valence-corrected chi connectivity index (χ0v) is 9.81. The molecule has 0 radical (unpaired) electrons. The number of carbonyl (C=O) groups is 1. The van der Waals surface area contributed by atoms with Crippen molar-refractivity contribution in [1.29, 1.82) is 0 Å². The van der Waals surface area contributed by atoms with Crippen LogP contribution in [-0.4, -0.2) is 22.9 Å². The summed E-state index contributed by atoms with van der Waals surface area (Å²) >= 11 is 5.91. The number of pyridine rings is 2. The predicted octanol–water partition coefficient (Wildman–Crippen LogP) is 2.37. The highest BCUT2D eigenvalue weighted by Crippen LogP contribution is 2.22. The van der Waals surface area contributed by atoms with Gasteiger partial charge in [0.25, 0.3) is 0 Å². The molecule has 17 heavy (non-hydrogen) atoms. The SMILES string of the molecule is COc1cccnc1C(=O)c1ccncc1Cl. The summed E-state index contributed by atoms with van der Waals surface area (Å²) in [6.45, 7) is 0. The Morgan fingerprint density at radius 2 is 2.18 bits per heavy atom. The molecule has 0 aliphatic heterocycles. The van der Waals surface area contributed by atoms with E-state index in [9.17, 15) is 4.79 Å². The van der Waals surface area contributed by atoms with Gasteiger partial charge in [-0.3, -0.25) is 9.78 Å². The topological polar surface area (TPSA) is 52.1 Å². The second kappa shape index (κ2) is 4.93. The molecule has 5 heteroatoms. The fourth-order valence-corrected chi connectivity index (χ4v) is 1.62.